The molecule has 2 aromatic carbocycles. The molecule has 0 bridgehead atoms. The molecule has 1 unspecified atom stereocenters. The van der Waals surface area contributed by atoms with Gasteiger partial charge in [0, 0.05) is 11.3 Å². The number of benzene rings is 2. The molecule has 2 rings (SSSR count). The van der Waals surface area contributed by atoms with Crippen LogP contribution < -0.4 is 5.32 Å². The fourth-order valence-corrected chi connectivity index (χ4v) is 2.20. The molecule has 0 spiro atoms. The van der Waals surface area contributed by atoms with Crippen molar-refractivity contribution in [2.45, 2.75) is 32.2 Å². The first kappa shape index (κ1) is 15.1. The summed E-state index contributed by atoms with van der Waals surface area (Å²) < 4.78 is 13.7. The standard InChI is InChI=1S/C18H19FN2/c1-13(16-6-4-5-7-17(16)19)21-15-10-8-14(9-11-15)18(2,3)12-20/h4-11,13,21H,1-3H3. The van der Waals surface area contributed by atoms with E-state index in [0.717, 1.165) is 11.3 Å². The van der Waals surface area contributed by atoms with Crippen LogP contribution >= 0.6 is 0 Å². The molecule has 2 nitrogen and oxygen atoms in total. The third-order valence-electron chi connectivity index (χ3n) is 3.64. The average Bonchev–Trinajstić information content (AvgIpc) is 2.48. The predicted molar refractivity (Wildman–Crippen MR) is 83.5 cm³/mol. The molecule has 0 saturated heterocycles. The quantitative estimate of drug-likeness (QED) is 0.874. The van der Waals surface area contributed by atoms with Crippen molar-refractivity contribution in [1.82, 2.24) is 0 Å². The fourth-order valence-electron chi connectivity index (χ4n) is 2.20. The van der Waals surface area contributed by atoms with Gasteiger partial charge < -0.3 is 5.32 Å². The van der Waals surface area contributed by atoms with Gasteiger partial charge in [-0.25, -0.2) is 4.39 Å². The summed E-state index contributed by atoms with van der Waals surface area (Å²) in [6.45, 7) is 5.69. The van der Waals surface area contributed by atoms with E-state index in [0.29, 0.717) is 5.56 Å². The van der Waals surface area contributed by atoms with E-state index < -0.39 is 5.41 Å². The number of nitriles is 1. The van der Waals surface area contributed by atoms with E-state index in [-0.39, 0.29) is 11.9 Å². The Bertz CT molecular complexity index is 654. The van der Waals surface area contributed by atoms with Gasteiger partial charge in [0.2, 0.25) is 0 Å². The molecule has 0 saturated carbocycles. The topological polar surface area (TPSA) is 35.8 Å². The number of rotatable bonds is 4. The number of anilines is 1. The van der Waals surface area contributed by atoms with Crippen LogP contribution in [0.4, 0.5) is 10.1 Å². The Hall–Kier alpha value is -2.34. The second kappa shape index (κ2) is 5.97. The number of nitrogens with one attached hydrogen (secondary N) is 1. The molecular formula is C18H19FN2. The van der Waals surface area contributed by atoms with Crippen LogP contribution in [-0.4, -0.2) is 0 Å². The summed E-state index contributed by atoms with van der Waals surface area (Å²) in [6.07, 6.45) is 0. The average molecular weight is 282 g/mol. The summed E-state index contributed by atoms with van der Waals surface area (Å²) in [6, 6.07) is 16.6. The summed E-state index contributed by atoms with van der Waals surface area (Å²) in [7, 11) is 0. The maximum absolute atomic E-state index is 13.7. The first-order valence-electron chi connectivity index (χ1n) is 6.97. The van der Waals surface area contributed by atoms with Crippen LogP contribution in [-0.2, 0) is 5.41 Å². The van der Waals surface area contributed by atoms with Gasteiger partial charge in [-0.1, -0.05) is 30.3 Å². The zero-order valence-electron chi connectivity index (χ0n) is 12.5. The summed E-state index contributed by atoms with van der Waals surface area (Å²) in [5.74, 6) is -0.209. The van der Waals surface area contributed by atoms with Crippen molar-refractivity contribution >= 4 is 5.69 Å². The fraction of sp³-hybridized carbons (Fsp3) is 0.278. The highest BCUT2D eigenvalue weighted by atomic mass is 19.1. The Morgan fingerprint density at radius 2 is 1.71 bits per heavy atom. The van der Waals surface area contributed by atoms with Crippen LogP contribution in [0, 0.1) is 17.1 Å². The van der Waals surface area contributed by atoms with Crippen molar-refractivity contribution in [3.63, 3.8) is 0 Å². The molecule has 0 amide bonds. The first-order valence-corrected chi connectivity index (χ1v) is 6.97. The lowest BCUT2D eigenvalue weighted by atomic mass is 9.86. The van der Waals surface area contributed by atoms with Crippen molar-refractivity contribution in [1.29, 1.82) is 5.26 Å². The van der Waals surface area contributed by atoms with Gasteiger partial charge in [-0.3, -0.25) is 0 Å². The molecule has 0 aliphatic carbocycles. The molecule has 0 aliphatic rings. The third kappa shape index (κ3) is 3.41. The Kier molecular flexibility index (Phi) is 4.28. The SMILES string of the molecule is CC(Nc1ccc(C(C)(C)C#N)cc1)c1ccccc1F. The molecule has 0 heterocycles. The monoisotopic (exact) mass is 282 g/mol. The Labute approximate surface area is 125 Å². The molecule has 0 fully saturated rings. The van der Waals surface area contributed by atoms with Gasteiger partial charge in [-0.05, 0) is 44.5 Å². The van der Waals surface area contributed by atoms with Crippen LogP contribution in [0.3, 0.4) is 0 Å². The van der Waals surface area contributed by atoms with E-state index in [1.165, 1.54) is 6.07 Å². The molecule has 3 heteroatoms. The maximum atomic E-state index is 13.7. The van der Waals surface area contributed by atoms with Crippen molar-refractivity contribution in [3.05, 3.63) is 65.5 Å². The second-order valence-corrected chi connectivity index (χ2v) is 5.70. The molecule has 1 atom stereocenters. The van der Waals surface area contributed by atoms with Gasteiger partial charge in [0.1, 0.15) is 5.82 Å². The lowest BCUT2D eigenvalue weighted by molar-refractivity contribution is 0.600. The number of halogens is 1. The highest BCUT2D eigenvalue weighted by molar-refractivity contribution is 5.48. The van der Waals surface area contributed by atoms with Gasteiger partial charge in [0.25, 0.3) is 0 Å². The largest absolute Gasteiger partial charge is 0.378 e. The van der Waals surface area contributed by atoms with Gasteiger partial charge in [0.05, 0.1) is 17.5 Å². The first-order chi connectivity index (χ1) is 9.94. The predicted octanol–water partition coefficient (Wildman–Crippen LogP) is 4.80. The number of nitrogens with zero attached hydrogens (tertiary/aromatic N) is 1. The molecule has 0 aromatic heterocycles. The van der Waals surface area contributed by atoms with E-state index in [2.05, 4.69) is 11.4 Å². The molecule has 21 heavy (non-hydrogen) atoms. The van der Waals surface area contributed by atoms with Gasteiger partial charge >= 0.3 is 0 Å². The molecule has 0 aliphatic heterocycles. The summed E-state index contributed by atoms with van der Waals surface area (Å²) >= 11 is 0. The van der Waals surface area contributed by atoms with Crippen LogP contribution in [0.25, 0.3) is 0 Å². The minimum absolute atomic E-state index is 0.124. The van der Waals surface area contributed by atoms with E-state index in [1.54, 1.807) is 12.1 Å². The van der Waals surface area contributed by atoms with Crippen molar-refractivity contribution in [2.75, 3.05) is 5.32 Å². The van der Waals surface area contributed by atoms with E-state index in [4.69, 9.17) is 5.26 Å². The van der Waals surface area contributed by atoms with Crippen molar-refractivity contribution in [2.24, 2.45) is 0 Å². The van der Waals surface area contributed by atoms with E-state index in [9.17, 15) is 4.39 Å². The number of hydrogen-bond acceptors (Lipinski definition) is 2. The van der Waals surface area contributed by atoms with E-state index >= 15 is 0 Å². The summed E-state index contributed by atoms with van der Waals surface area (Å²) in [5, 5.41) is 12.4. The van der Waals surface area contributed by atoms with Crippen LogP contribution in [0.15, 0.2) is 48.5 Å². The summed E-state index contributed by atoms with van der Waals surface area (Å²) in [5.41, 5.74) is 2.01. The van der Waals surface area contributed by atoms with E-state index in [1.807, 2.05) is 51.1 Å². The van der Waals surface area contributed by atoms with Gasteiger partial charge in [-0.15, -0.1) is 0 Å². The molecule has 1 N–H and O–H groups in total. The Morgan fingerprint density at radius 3 is 2.29 bits per heavy atom. The molecule has 108 valence electrons. The molecule has 0 radical (unpaired) electrons. The summed E-state index contributed by atoms with van der Waals surface area (Å²) in [4.78, 5) is 0. The number of hydrogen-bond donors (Lipinski definition) is 1. The maximum Gasteiger partial charge on any atom is 0.128 e. The highest BCUT2D eigenvalue weighted by Crippen LogP contribution is 2.26. The smallest absolute Gasteiger partial charge is 0.128 e. The zero-order valence-corrected chi connectivity index (χ0v) is 12.5. The third-order valence-corrected chi connectivity index (χ3v) is 3.64. The van der Waals surface area contributed by atoms with Crippen LogP contribution in [0.1, 0.15) is 37.9 Å². The van der Waals surface area contributed by atoms with Gasteiger partial charge in [0.15, 0.2) is 0 Å². The van der Waals surface area contributed by atoms with Crippen LogP contribution in [0.5, 0.6) is 0 Å². The lowest BCUT2D eigenvalue weighted by Gasteiger charge is -2.19. The normalized spacial score (nSPS) is 12.5. The second-order valence-electron chi connectivity index (χ2n) is 5.70. The van der Waals surface area contributed by atoms with Crippen molar-refractivity contribution < 1.29 is 4.39 Å². The van der Waals surface area contributed by atoms with Gasteiger partial charge in [-0.2, -0.15) is 5.26 Å². The zero-order chi connectivity index (χ0) is 15.5. The Balaban J connectivity index is 2.15. The molecule has 2 aromatic rings. The lowest BCUT2D eigenvalue weighted by Crippen LogP contribution is -2.14. The Morgan fingerprint density at radius 1 is 1.10 bits per heavy atom. The van der Waals surface area contributed by atoms with Crippen molar-refractivity contribution in [3.8, 4) is 6.07 Å². The minimum Gasteiger partial charge on any atom is -0.378 e. The van der Waals surface area contributed by atoms with Crippen LogP contribution in [0.2, 0.25) is 0 Å². The minimum atomic E-state index is -0.504. The highest BCUT2D eigenvalue weighted by Gasteiger charge is 2.19. The molecular weight excluding hydrogens is 263 g/mol.